The van der Waals surface area contributed by atoms with Gasteiger partial charge in [-0.25, -0.2) is 4.98 Å². The highest BCUT2D eigenvalue weighted by Gasteiger charge is 1.99. The van der Waals surface area contributed by atoms with Gasteiger partial charge in [-0.3, -0.25) is 0 Å². The van der Waals surface area contributed by atoms with Gasteiger partial charge in [-0.1, -0.05) is 23.2 Å². The molecule has 0 aliphatic rings. The van der Waals surface area contributed by atoms with Gasteiger partial charge in [0.1, 0.15) is 5.15 Å². The van der Waals surface area contributed by atoms with Crippen LogP contribution in [0.25, 0.3) is 0 Å². The molecule has 2 nitrogen and oxygen atoms in total. The molecule has 0 spiro atoms. The van der Waals surface area contributed by atoms with Gasteiger partial charge in [-0.15, -0.1) is 0 Å². The van der Waals surface area contributed by atoms with Crippen molar-refractivity contribution in [3.63, 3.8) is 0 Å². The summed E-state index contributed by atoms with van der Waals surface area (Å²) < 4.78 is 0. The van der Waals surface area contributed by atoms with Crippen LogP contribution in [0, 0.1) is 0 Å². The van der Waals surface area contributed by atoms with E-state index in [9.17, 15) is 0 Å². The monoisotopic (exact) mass is 190 g/mol. The average Bonchev–Trinajstić information content (AvgIpc) is 1.98. The number of rotatable bonds is 2. The molecule has 0 atom stereocenters. The minimum Gasteiger partial charge on any atom is -0.316 e. The first-order chi connectivity index (χ1) is 5.24. The van der Waals surface area contributed by atoms with Crippen molar-refractivity contribution in [1.29, 1.82) is 0 Å². The Morgan fingerprint density at radius 1 is 1.55 bits per heavy atom. The Labute approximate surface area is 75.5 Å². The Bertz CT molecular complexity index is 250. The quantitative estimate of drug-likeness (QED) is 0.724. The molecule has 1 aromatic heterocycles. The molecule has 0 radical (unpaired) electrons. The number of pyridine rings is 1. The van der Waals surface area contributed by atoms with Crippen LogP contribution in [0.1, 0.15) is 5.56 Å². The molecule has 1 rings (SSSR count). The number of hydrogen-bond acceptors (Lipinski definition) is 2. The van der Waals surface area contributed by atoms with Crippen molar-refractivity contribution < 1.29 is 0 Å². The number of nitrogens with zero attached hydrogens (tertiary/aromatic N) is 1. The van der Waals surface area contributed by atoms with Gasteiger partial charge in [0.15, 0.2) is 0 Å². The molecule has 0 bridgehead atoms. The molecule has 0 fully saturated rings. The van der Waals surface area contributed by atoms with Gasteiger partial charge >= 0.3 is 0 Å². The standard InChI is InChI=1S/C7H8Cl2N2/c1-10-3-5-2-7(9)11-4-6(5)8/h2,4,10H,3H2,1H3. The lowest BCUT2D eigenvalue weighted by Gasteiger charge is -2.01. The van der Waals surface area contributed by atoms with E-state index in [4.69, 9.17) is 23.2 Å². The summed E-state index contributed by atoms with van der Waals surface area (Å²) in [6.07, 6.45) is 1.55. The van der Waals surface area contributed by atoms with Crippen LogP contribution in [-0.2, 0) is 6.54 Å². The highest BCUT2D eigenvalue weighted by molar-refractivity contribution is 6.32. The molecule has 0 unspecified atom stereocenters. The van der Waals surface area contributed by atoms with Crippen LogP contribution in [0.2, 0.25) is 10.2 Å². The van der Waals surface area contributed by atoms with E-state index in [-0.39, 0.29) is 0 Å². The largest absolute Gasteiger partial charge is 0.316 e. The predicted octanol–water partition coefficient (Wildman–Crippen LogP) is 2.11. The first-order valence-electron chi connectivity index (χ1n) is 3.18. The van der Waals surface area contributed by atoms with E-state index in [0.717, 1.165) is 5.56 Å². The molecular weight excluding hydrogens is 183 g/mol. The third-order valence-corrected chi connectivity index (χ3v) is 1.82. The van der Waals surface area contributed by atoms with Crippen molar-refractivity contribution in [1.82, 2.24) is 10.3 Å². The Morgan fingerprint density at radius 3 is 2.91 bits per heavy atom. The fourth-order valence-electron chi connectivity index (χ4n) is 0.777. The first kappa shape index (κ1) is 8.78. The second-order valence-electron chi connectivity index (χ2n) is 2.13. The third-order valence-electron chi connectivity index (χ3n) is 1.27. The number of hydrogen-bond donors (Lipinski definition) is 1. The van der Waals surface area contributed by atoms with Crippen LogP contribution in [0.5, 0.6) is 0 Å². The number of nitrogens with one attached hydrogen (secondary N) is 1. The molecule has 0 aliphatic carbocycles. The van der Waals surface area contributed by atoms with Crippen LogP contribution in [-0.4, -0.2) is 12.0 Å². The Kier molecular flexibility index (Phi) is 3.12. The van der Waals surface area contributed by atoms with Gasteiger partial charge in [-0.05, 0) is 18.7 Å². The number of aromatic nitrogens is 1. The van der Waals surface area contributed by atoms with Crippen molar-refractivity contribution in [2.45, 2.75) is 6.54 Å². The molecular formula is C7H8Cl2N2. The molecule has 1 N–H and O–H groups in total. The summed E-state index contributed by atoms with van der Waals surface area (Å²) >= 11 is 11.5. The molecule has 0 aliphatic heterocycles. The van der Waals surface area contributed by atoms with Crippen LogP contribution in [0.3, 0.4) is 0 Å². The maximum Gasteiger partial charge on any atom is 0.129 e. The predicted molar refractivity (Wildman–Crippen MR) is 47.0 cm³/mol. The summed E-state index contributed by atoms with van der Waals surface area (Å²) in [6, 6.07) is 1.75. The van der Waals surface area contributed by atoms with Crippen LogP contribution >= 0.6 is 23.2 Å². The highest BCUT2D eigenvalue weighted by atomic mass is 35.5. The van der Waals surface area contributed by atoms with Crippen LogP contribution < -0.4 is 5.32 Å². The topological polar surface area (TPSA) is 24.9 Å². The molecule has 0 amide bonds. The molecule has 1 aromatic rings. The van der Waals surface area contributed by atoms with Gasteiger partial charge in [0.25, 0.3) is 0 Å². The van der Waals surface area contributed by atoms with Crippen molar-refractivity contribution in [3.05, 3.63) is 28.0 Å². The smallest absolute Gasteiger partial charge is 0.129 e. The summed E-state index contributed by atoms with van der Waals surface area (Å²) in [7, 11) is 1.85. The van der Waals surface area contributed by atoms with E-state index >= 15 is 0 Å². The van der Waals surface area contributed by atoms with Crippen molar-refractivity contribution in [2.24, 2.45) is 0 Å². The maximum absolute atomic E-state index is 5.81. The lowest BCUT2D eigenvalue weighted by atomic mass is 10.3. The van der Waals surface area contributed by atoms with Gasteiger partial charge in [-0.2, -0.15) is 0 Å². The summed E-state index contributed by atoms with van der Waals surface area (Å²) in [5.41, 5.74) is 0.967. The van der Waals surface area contributed by atoms with Gasteiger partial charge < -0.3 is 5.32 Å². The average molecular weight is 191 g/mol. The van der Waals surface area contributed by atoms with Crippen LogP contribution in [0.4, 0.5) is 0 Å². The number of halogens is 2. The fraction of sp³-hybridized carbons (Fsp3) is 0.286. The van der Waals surface area contributed by atoms with E-state index in [1.165, 1.54) is 0 Å². The normalized spacial score (nSPS) is 10.1. The zero-order valence-electron chi connectivity index (χ0n) is 6.06. The second-order valence-corrected chi connectivity index (χ2v) is 2.92. The fourth-order valence-corrected chi connectivity index (χ4v) is 1.13. The Balaban J connectivity index is 2.93. The van der Waals surface area contributed by atoms with Crippen molar-refractivity contribution >= 4 is 23.2 Å². The zero-order valence-corrected chi connectivity index (χ0v) is 7.58. The second kappa shape index (κ2) is 3.90. The minimum absolute atomic E-state index is 0.472. The van der Waals surface area contributed by atoms with E-state index in [1.807, 2.05) is 7.05 Å². The molecule has 0 saturated heterocycles. The molecule has 0 aromatic carbocycles. The Hall–Kier alpha value is -0.310. The van der Waals surface area contributed by atoms with Crippen LogP contribution in [0.15, 0.2) is 12.3 Å². The van der Waals surface area contributed by atoms with E-state index in [1.54, 1.807) is 12.3 Å². The molecule has 1 heterocycles. The van der Waals surface area contributed by atoms with Crippen molar-refractivity contribution in [3.8, 4) is 0 Å². The van der Waals surface area contributed by atoms with E-state index in [2.05, 4.69) is 10.3 Å². The SMILES string of the molecule is CNCc1cc(Cl)ncc1Cl. The zero-order chi connectivity index (χ0) is 8.27. The lowest BCUT2D eigenvalue weighted by molar-refractivity contribution is 0.816. The van der Waals surface area contributed by atoms with Gasteiger partial charge in [0.05, 0.1) is 5.02 Å². The third kappa shape index (κ3) is 2.33. The van der Waals surface area contributed by atoms with E-state index < -0.39 is 0 Å². The summed E-state index contributed by atoms with van der Waals surface area (Å²) in [4.78, 5) is 3.83. The molecule has 60 valence electrons. The summed E-state index contributed by atoms with van der Waals surface area (Å²) in [5, 5.41) is 4.10. The van der Waals surface area contributed by atoms with Crippen molar-refractivity contribution in [2.75, 3.05) is 7.05 Å². The maximum atomic E-state index is 5.81. The lowest BCUT2D eigenvalue weighted by Crippen LogP contribution is -2.05. The minimum atomic E-state index is 0.472. The first-order valence-corrected chi connectivity index (χ1v) is 3.94. The van der Waals surface area contributed by atoms with E-state index in [0.29, 0.717) is 16.7 Å². The molecule has 4 heteroatoms. The summed E-state index contributed by atoms with van der Waals surface area (Å²) in [5.74, 6) is 0. The molecule has 0 saturated carbocycles. The Morgan fingerprint density at radius 2 is 2.27 bits per heavy atom. The summed E-state index contributed by atoms with van der Waals surface area (Å²) in [6.45, 7) is 0.709. The van der Waals surface area contributed by atoms with Gasteiger partial charge in [0.2, 0.25) is 0 Å². The molecule has 11 heavy (non-hydrogen) atoms. The van der Waals surface area contributed by atoms with Gasteiger partial charge in [0, 0.05) is 12.7 Å². The highest BCUT2D eigenvalue weighted by Crippen LogP contribution is 2.17.